The van der Waals surface area contributed by atoms with Crippen molar-refractivity contribution in [1.82, 2.24) is 5.32 Å². The van der Waals surface area contributed by atoms with E-state index in [-0.39, 0.29) is 11.9 Å². The molecule has 0 saturated carbocycles. The molecule has 4 heteroatoms. The molecule has 120 valence electrons. The van der Waals surface area contributed by atoms with Crippen LogP contribution in [0.15, 0.2) is 36.4 Å². The number of hydrogen-bond donors (Lipinski definition) is 1. The van der Waals surface area contributed by atoms with Gasteiger partial charge in [0, 0.05) is 5.02 Å². The molecule has 2 nitrogen and oxygen atoms in total. The molecule has 23 heavy (non-hydrogen) atoms. The molecular weight excluding hydrogens is 329 g/mol. The highest BCUT2D eigenvalue weighted by molar-refractivity contribution is 6.35. The quantitative estimate of drug-likeness (QED) is 0.795. The SMILES string of the molecule is C[C@@H](NC(=O)c1cc(Cl)ccc1Cl)c1ccc2c(c1)CCCC2. The minimum absolute atomic E-state index is 0.0789. The maximum atomic E-state index is 12.4. The van der Waals surface area contributed by atoms with Gasteiger partial charge in [0.2, 0.25) is 0 Å². The van der Waals surface area contributed by atoms with E-state index in [9.17, 15) is 4.79 Å². The van der Waals surface area contributed by atoms with E-state index in [1.807, 2.05) is 6.92 Å². The summed E-state index contributed by atoms with van der Waals surface area (Å²) in [6.45, 7) is 1.99. The van der Waals surface area contributed by atoms with Gasteiger partial charge in [0.15, 0.2) is 0 Å². The molecule has 1 aliphatic rings. The third kappa shape index (κ3) is 3.70. The van der Waals surface area contributed by atoms with Crippen molar-refractivity contribution < 1.29 is 4.79 Å². The van der Waals surface area contributed by atoms with Crippen LogP contribution in [0.25, 0.3) is 0 Å². The highest BCUT2D eigenvalue weighted by Crippen LogP contribution is 2.26. The van der Waals surface area contributed by atoms with E-state index in [0.717, 1.165) is 18.4 Å². The molecule has 0 unspecified atom stereocenters. The third-order valence-electron chi connectivity index (χ3n) is 4.39. The minimum atomic E-state index is -0.206. The lowest BCUT2D eigenvalue weighted by Crippen LogP contribution is -2.27. The highest BCUT2D eigenvalue weighted by atomic mass is 35.5. The Morgan fingerprint density at radius 3 is 2.57 bits per heavy atom. The van der Waals surface area contributed by atoms with Crippen LogP contribution in [0.4, 0.5) is 0 Å². The molecule has 0 radical (unpaired) electrons. The molecular formula is C19H19Cl2NO. The van der Waals surface area contributed by atoms with Crippen LogP contribution in [-0.2, 0) is 12.8 Å². The van der Waals surface area contributed by atoms with E-state index in [2.05, 4.69) is 23.5 Å². The first-order valence-corrected chi connectivity index (χ1v) is 8.68. The molecule has 0 spiro atoms. The normalized spacial score (nSPS) is 14.9. The van der Waals surface area contributed by atoms with E-state index in [4.69, 9.17) is 23.2 Å². The average molecular weight is 348 g/mol. The Hall–Kier alpha value is -1.51. The average Bonchev–Trinajstić information content (AvgIpc) is 2.56. The number of benzene rings is 2. The Morgan fingerprint density at radius 1 is 1.04 bits per heavy atom. The van der Waals surface area contributed by atoms with Gasteiger partial charge in [0.05, 0.1) is 16.6 Å². The summed E-state index contributed by atoms with van der Waals surface area (Å²) in [5.74, 6) is -0.206. The van der Waals surface area contributed by atoms with Gasteiger partial charge in [-0.1, -0.05) is 41.4 Å². The largest absolute Gasteiger partial charge is 0.345 e. The summed E-state index contributed by atoms with van der Waals surface area (Å²) in [6, 6.07) is 11.4. The number of carbonyl (C=O) groups excluding carboxylic acids is 1. The van der Waals surface area contributed by atoms with Crippen molar-refractivity contribution in [2.24, 2.45) is 0 Å². The molecule has 2 aromatic rings. The van der Waals surface area contributed by atoms with Crippen molar-refractivity contribution in [3.8, 4) is 0 Å². The second kappa shape index (κ2) is 6.94. The molecule has 0 heterocycles. The first-order valence-electron chi connectivity index (χ1n) is 7.92. The van der Waals surface area contributed by atoms with Crippen molar-refractivity contribution in [2.45, 2.75) is 38.6 Å². The van der Waals surface area contributed by atoms with E-state index >= 15 is 0 Å². The topological polar surface area (TPSA) is 29.1 Å². The summed E-state index contributed by atoms with van der Waals surface area (Å²) >= 11 is 12.1. The standard InChI is InChI=1S/C19H19Cl2NO/c1-12(14-7-6-13-4-2-3-5-15(13)10-14)22-19(23)17-11-16(20)8-9-18(17)21/h6-12H,2-5H2,1H3,(H,22,23)/t12-/m1/s1. The molecule has 3 rings (SSSR count). The maximum Gasteiger partial charge on any atom is 0.253 e. The van der Waals surface area contributed by atoms with Gasteiger partial charge in [-0.05, 0) is 67.5 Å². The first-order chi connectivity index (χ1) is 11.0. The highest BCUT2D eigenvalue weighted by Gasteiger charge is 2.16. The summed E-state index contributed by atoms with van der Waals surface area (Å²) in [5, 5.41) is 3.91. The zero-order valence-corrected chi connectivity index (χ0v) is 14.5. The molecule has 1 amide bonds. The van der Waals surface area contributed by atoms with Gasteiger partial charge in [0.25, 0.3) is 5.91 Å². The molecule has 1 atom stereocenters. The summed E-state index contributed by atoms with van der Waals surface area (Å²) in [7, 11) is 0. The van der Waals surface area contributed by atoms with Crippen LogP contribution in [0, 0.1) is 0 Å². The van der Waals surface area contributed by atoms with E-state index in [0.29, 0.717) is 15.6 Å². The predicted molar refractivity (Wildman–Crippen MR) is 95.4 cm³/mol. The van der Waals surface area contributed by atoms with Gasteiger partial charge in [-0.25, -0.2) is 0 Å². The van der Waals surface area contributed by atoms with Crippen LogP contribution in [0.2, 0.25) is 10.0 Å². The Morgan fingerprint density at radius 2 is 1.78 bits per heavy atom. The van der Waals surface area contributed by atoms with Crippen molar-refractivity contribution in [2.75, 3.05) is 0 Å². The second-order valence-corrected chi connectivity index (χ2v) is 6.90. The monoisotopic (exact) mass is 347 g/mol. The van der Waals surface area contributed by atoms with Crippen molar-refractivity contribution in [3.05, 3.63) is 68.7 Å². The minimum Gasteiger partial charge on any atom is -0.345 e. The van der Waals surface area contributed by atoms with Crippen molar-refractivity contribution in [1.29, 1.82) is 0 Å². The number of aryl methyl sites for hydroxylation is 2. The van der Waals surface area contributed by atoms with Gasteiger partial charge in [-0.3, -0.25) is 4.79 Å². The maximum absolute atomic E-state index is 12.4. The van der Waals surface area contributed by atoms with E-state index in [1.165, 1.54) is 24.0 Å². The Labute approximate surface area is 146 Å². The predicted octanol–water partition coefficient (Wildman–Crippen LogP) is 5.36. The Balaban J connectivity index is 1.77. The number of rotatable bonds is 3. The van der Waals surface area contributed by atoms with Gasteiger partial charge in [-0.15, -0.1) is 0 Å². The molecule has 0 aromatic heterocycles. The Kier molecular flexibility index (Phi) is 4.93. The van der Waals surface area contributed by atoms with Crippen LogP contribution in [-0.4, -0.2) is 5.91 Å². The fourth-order valence-electron chi connectivity index (χ4n) is 3.05. The lowest BCUT2D eigenvalue weighted by Gasteiger charge is -2.20. The summed E-state index contributed by atoms with van der Waals surface area (Å²) in [5.41, 5.74) is 4.38. The smallest absolute Gasteiger partial charge is 0.253 e. The first kappa shape index (κ1) is 16.4. The number of amides is 1. The summed E-state index contributed by atoms with van der Waals surface area (Å²) in [4.78, 5) is 12.4. The van der Waals surface area contributed by atoms with E-state index in [1.54, 1.807) is 18.2 Å². The lowest BCUT2D eigenvalue weighted by molar-refractivity contribution is 0.0940. The van der Waals surface area contributed by atoms with Crippen molar-refractivity contribution in [3.63, 3.8) is 0 Å². The van der Waals surface area contributed by atoms with Crippen LogP contribution in [0.5, 0.6) is 0 Å². The number of halogens is 2. The third-order valence-corrected chi connectivity index (χ3v) is 4.96. The van der Waals surface area contributed by atoms with Gasteiger partial charge in [-0.2, -0.15) is 0 Å². The van der Waals surface area contributed by atoms with Crippen LogP contribution in [0.1, 0.15) is 52.9 Å². The molecule has 1 N–H and O–H groups in total. The zero-order valence-electron chi connectivity index (χ0n) is 13.0. The summed E-state index contributed by atoms with van der Waals surface area (Å²) < 4.78 is 0. The Bertz CT molecular complexity index is 742. The molecule has 0 saturated heterocycles. The molecule has 0 fully saturated rings. The summed E-state index contributed by atoms with van der Waals surface area (Å²) in [6.07, 6.45) is 4.81. The van der Waals surface area contributed by atoms with Crippen LogP contribution in [0.3, 0.4) is 0 Å². The number of fused-ring (bicyclic) bond motifs is 1. The zero-order chi connectivity index (χ0) is 16.4. The molecule has 0 bridgehead atoms. The molecule has 1 aliphatic carbocycles. The fourth-order valence-corrected chi connectivity index (χ4v) is 3.43. The molecule has 2 aromatic carbocycles. The van der Waals surface area contributed by atoms with Gasteiger partial charge >= 0.3 is 0 Å². The van der Waals surface area contributed by atoms with E-state index < -0.39 is 0 Å². The van der Waals surface area contributed by atoms with Crippen molar-refractivity contribution >= 4 is 29.1 Å². The fraction of sp³-hybridized carbons (Fsp3) is 0.316. The van der Waals surface area contributed by atoms with Crippen LogP contribution < -0.4 is 5.32 Å². The number of nitrogens with one attached hydrogen (secondary N) is 1. The number of carbonyl (C=O) groups is 1. The van der Waals surface area contributed by atoms with Gasteiger partial charge < -0.3 is 5.32 Å². The molecule has 0 aliphatic heterocycles. The van der Waals surface area contributed by atoms with Crippen LogP contribution >= 0.6 is 23.2 Å². The lowest BCUT2D eigenvalue weighted by atomic mass is 9.89. The second-order valence-electron chi connectivity index (χ2n) is 6.05. The number of hydrogen-bond acceptors (Lipinski definition) is 1. The van der Waals surface area contributed by atoms with Gasteiger partial charge in [0.1, 0.15) is 0 Å².